The second-order valence-corrected chi connectivity index (χ2v) is 6.79. The number of aromatic nitrogens is 2. The summed E-state index contributed by atoms with van der Waals surface area (Å²) >= 11 is 1.99. The molecule has 0 bridgehead atoms. The first kappa shape index (κ1) is 14.6. The Bertz CT molecular complexity index is 497. The Hall–Kier alpha value is -1.34. The summed E-state index contributed by atoms with van der Waals surface area (Å²) in [5, 5.41) is 12.2. The molecule has 0 amide bonds. The van der Waals surface area contributed by atoms with E-state index in [9.17, 15) is 4.79 Å². The van der Waals surface area contributed by atoms with Crippen LogP contribution in [-0.2, 0) is 4.74 Å². The summed E-state index contributed by atoms with van der Waals surface area (Å²) in [6.07, 6.45) is 6.92. The number of carboxylic acids is 1. The van der Waals surface area contributed by atoms with Crippen molar-refractivity contribution < 1.29 is 14.6 Å². The van der Waals surface area contributed by atoms with Gasteiger partial charge in [0.2, 0.25) is 0 Å². The van der Waals surface area contributed by atoms with Crippen LogP contribution < -0.4 is 5.32 Å². The number of nitrogens with one attached hydrogen (secondary N) is 1. The molecule has 2 aliphatic rings. The number of ether oxygens (including phenoxy) is 1. The Morgan fingerprint density at radius 3 is 2.86 bits per heavy atom. The molecule has 2 saturated heterocycles. The molecule has 7 heteroatoms. The molecule has 3 heterocycles. The first-order valence-electron chi connectivity index (χ1n) is 7.20. The van der Waals surface area contributed by atoms with Crippen molar-refractivity contribution in [2.45, 2.75) is 37.3 Å². The molecule has 1 unspecified atom stereocenters. The van der Waals surface area contributed by atoms with Crippen LogP contribution in [0, 0.1) is 0 Å². The number of hydrogen-bond acceptors (Lipinski definition) is 6. The predicted molar refractivity (Wildman–Crippen MR) is 80.9 cm³/mol. The van der Waals surface area contributed by atoms with Gasteiger partial charge in [0.25, 0.3) is 0 Å². The highest BCUT2D eigenvalue weighted by Gasteiger charge is 2.38. The third-order valence-electron chi connectivity index (χ3n) is 4.12. The Balaban J connectivity index is 1.62. The summed E-state index contributed by atoms with van der Waals surface area (Å²) in [5.41, 5.74) is -0.0106. The fourth-order valence-electron chi connectivity index (χ4n) is 2.96. The molecule has 3 rings (SSSR count). The summed E-state index contributed by atoms with van der Waals surface area (Å²) in [6.45, 7) is 0.767. The molecule has 0 aliphatic carbocycles. The van der Waals surface area contributed by atoms with Gasteiger partial charge in [-0.1, -0.05) is 0 Å². The van der Waals surface area contributed by atoms with Gasteiger partial charge in [0.05, 0.1) is 18.0 Å². The van der Waals surface area contributed by atoms with Gasteiger partial charge in [0.1, 0.15) is 5.82 Å². The van der Waals surface area contributed by atoms with Crippen molar-refractivity contribution in [3.05, 3.63) is 18.1 Å². The molecular weight excluding hydrogens is 290 g/mol. The zero-order valence-corrected chi connectivity index (χ0v) is 12.6. The Kier molecular flexibility index (Phi) is 4.30. The van der Waals surface area contributed by atoms with Crippen molar-refractivity contribution in [2.75, 3.05) is 23.4 Å². The summed E-state index contributed by atoms with van der Waals surface area (Å²) in [5.74, 6) is 1.91. The molecule has 0 saturated carbocycles. The number of carbonyl (C=O) groups is 1. The number of carboxylic acid groups (broad SMARTS) is 1. The van der Waals surface area contributed by atoms with E-state index in [2.05, 4.69) is 15.3 Å². The molecule has 1 spiro atoms. The summed E-state index contributed by atoms with van der Waals surface area (Å²) in [6, 6.07) is 0.312. The lowest BCUT2D eigenvalue weighted by molar-refractivity contribution is -0.0866. The van der Waals surface area contributed by atoms with Crippen LogP contribution in [0.2, 0.25) is 0 Å². The van der Waals surface area contributed by atoms with E-state index in [0.717, 1.165) is 32.3 Å². The van der Waals surface area contributed by atoms with Crippen LogP contribution in [0.25, 0.3) is 0 Å². The van der Waals surface area contributed by atoms with Crippen LogP contribution >= 0.6 is 11.8 Å². The predicted octanol–water partition coefficient (Wildman–Crippen LogP) is 2.03. The minimum absolute atomic E-state index is 0.0234. The molecular formula is C14H19N3O3S. The van der Waals surface area contributed by atoms with Crippen LogP contribution in [0.15, 0.2) is 12.4 Å². The van der Waals surface area contributed by atoms with E-state index in [4.69, 9.17) is 9.84 Å². The number of hydrogen-bond donors (Lipinski definition) is 2. The Morgan fingerprint density at radius 2 is 2.19 bits per heavy atom. The molecule has 0 aromatic carbocycles. The maximum atomic E-state index is 10.8. The minimum Gasteiger partial charge on any atom is -0.476 e. The first-order chi connectivity index (χ1) is 10.2. The van der Waals surface area contributed by atoms with E-state index >= 15 is 0 Å². The molecule has 1 aromatic rings. The lowest BCUT2D eigenvalue weighted by atomic mass is 9.85. The van der Waals surface area contributed by atoms with E-state index < -0.39 is 5.97 Å². The second kappa shape index (κ2) is 6.19. The molecule has 2 fully saturated rings. The quantitative estimate of drug-likeness (QED) is 0.883. The van der Waals surface area contributed by atoms with Crippen LogP contribution in [0.1, 0.15) is 36.2 Å². The summed E-state index contributed by atoms with van der Waals surface area (Å²) in [4.78, 5) is 18.8. The molecule has 6 nitrogen and oxygen atoms in total. The van der Waals surface area contributed by atoms with Crippen molar-refractivity contribution in [3.8, 4) is 0 Å². The second-order valence-electron chi connectivity index (χ2n) is 5.57. The fraction of sp³-hybridized carbons (Fsp3) is 0.643. The zero-order valence-electron chi connectivity index (χ0n) is 11.7. The Labute approximate surface area is 127 Å². The average molecular weight is 309 g/mol. The van der Waals surface area contributed by atoms with E-state index in [0.29, 0.717) is 11.9 Å². The SMILES string of the molecule is O=C(O)c1cnc(NC2CCOC3(CCSCC3)C2)cn1. The smallest absolute Gasteiger partial charge is 0.356 e. The van der Waals surface area contributed by atoms with Crippen LogP contribution in [0.5, 0.6) is 0 Å². The van der Waals surface area contributed by atoms with Gasteiger partial charge < -0.3 is 15.2 Å². The topological polar surface area (TPSA) is 84.3 Å². The van der Waals surface area contributed by atoms with Crippen molar-refractivity contribution in [2.24, 2.45) is 0 Å². The maximum Gasteiger partial charge on any atom is 0.356 e. The normalized spacial score (nSPS) is 24.7. The van der Waals surface area contributed by atoms with Gasteiger partial charge in [0.15, 0.2) is 5.69 Å². The third kappa shape index (κ3) is 3.47. The van der Waals surface area contributed by atoms with Crippen LogP contribution in [0.4, 0.5) is 5.82 Å². The van der Waals surface area contributed by atoms with E-state index in [-0.39, 0.29) is 11.3 Å². The highest BCUT2D eigenvalue weighted by molar-refractivity contribution is 7.99. The number of rotatable bonds is 3. The lowest BCUT2D eigenvalue weighted by Crippen LogP contribution is -2.46. The maximum absolute atomic E-state index is 10.8. The van der Waals surface area contributed by atoms with Gasteiger partial charge in [0, 0.05) is 12.6 Å². The van der Waals surface area contributed by atoms with Gasteiger partial charge in [-0.2, -0.15) is 11.8 Å². The lowest BCUT2D eigenvalue weighted by Gasteiger charge is -2.43. The average Bonchev–Trinajstić information content (AvgIpc) is 2.49. The first-order valence-corrected chi connectivity index (χ1v) is 8.36. The van der Waals surface area contributed by atoms with Crippen LogP contribution in [0.3, 0.4) is 0 Å². The molecule has 21 heavy (non-hydrogen) atoms. The van der Waals surface area contributed by atoms with Gasteiger partial charge in [-0.3, -0.25) is 0 Å². The fourth-order valence-corrected chi connectivity index (χ4v) is 4.20. The van der Waals surface area contributed by atoms with E-state index in [1.165, 1.54) is 23.9 Å². The largest absolute Gasteiger partial charge is 0.476 e. The highest BCUT2D eigenvalue weighted by Crippen LogP contribution is 2.38. The van der Waals surface area contributed by atoms with Crippen molar-refractivity contribution in [3.63, 3.8) is 0 Å². The Morgan fingerprint density at radius 1 is 1.38 bits per heavy atom. The number of thioether (sulfide) groups is 1. The third-order valence-corrected chi connectivity index (χ3v) is 5.11. The van der Waals surface area contributed by atoms with Gasteiger partial charge in [-0.25, -0.2) is 14.8 Å². The number of aromatic carboxylic acids is 1. The number of anilines is 1. The summed E-state index contributed by atoms with van der Waals surface area (Å²) < 4.78 is 6.06. The number of nitrogens with zero attached hydrogens (tertiary/aromatic N) is 2. The standard InChI is InChI=1S/C14H19N3O3S/c18-13(19)11-8-16-12(9-15-11)17-10-1-4-20-14(7-10)2-5-21-6-3-14/h8-10H,1-7H2,(H,16,17)(H,18,19). The zero-order chi connectivity index (χ0) is 14.7. The van der Waals surface area contributed by atoms with Gasteiger partial charge >= 0.3 is 5.97 Å². The monoisotopic (exact) mass is 309 g/mol. The minimum atomic E-state index is -1.06. The van der Waals surface area contributed by atoms with Crippen molar-refractivity contribution in [1.29, 1.82) is 0 Å². The van der Waals surface area contributed by atoms with Crippen molar-refractivity contribution in [1.82, 2.24) is 9.97 Å². The molecule has 0 radical (unpaired) electrons. The molecule has 2 N–H and O–H groups in total. The van der Waals surface area contributed by atoms with E-state index in [1.54, 1.807) is 0 Å². The van der Waals surface area contributed by atoms with Gasteiger partial charge in [-0.15, -0.1) is 0 Å². The highest BCUT2D eigenvalue weighted by atomic mass is 32.2. The summed E-state index contributed by atoms with van der Waals surface area (Å²) in [7, 11) is 0. The van der Waals surface area contributed by atoms with Crippen LogP contribution in [-0.4, -0.2) is 50.8 Å². The van der Waals surface area contributed by atoms with Gasteiger partial charge in [-0.05, 0) is 37.2 Å². The van der Waals surface area contributed by atoms with Crippen molar-refractivity contribution >= 4 is 23.5 Å². The van der Waals surface area contributed by atoms with E-state index in [1.807, 2.05) is 11.8 Å². The molecule has 1 atom stereocenters. The molecule has 1 aromatic heterocycles. The molecule has 114 valence electrons. The molecule has 2 aliphatic heterocycles.